The normalized spacial score (nSPS) is 32.5. The topological polar surface area (TPSA) is 52.7 Å². The molecule has 0 aromatic carbocycles. The molecule has 0 radical (unpaired) electrons. The van der Waals surface area contributed by atoms with E-state index in [4.69, 9.17) is 0 Å². The highest BCUT2D eigenvalue weighted by molar-refractivity contribution is 5.93. The molecule has 5 heteroatoms. The predicted octanol–water partition coefficient (Wildman–Crippen LogP) is -0.225. The monoisotopic (exact) mass is 225 g/mol. The van der Waals surface area contributed by atoms with Crippen LogP contribution in [-0.4, -0.2) is 54.4 Å². The molecule has 0 aromatic heterocycles. The summed E-state index contributed by atoms with van der Waals surface area (Å²) in [5.41, 5.74) is 0. The Hall–Kier alpha value is -0.940. The SMILES string of the molecule is CNC1CCC(=O)C2CCCN(C)N2C1=O. The van der Waals surface area contributed by atoms with Crippen LogP contribution in [0, 0.1) is 0 Å². The van der Waals surface area contributed by atoms with Crippen LogP contribution in [0.4, 0.5) is 0 Å². The molecule has 0 bridgehead atoms. The van der Waals surface area contributed by atoms with Crippen LogP contribution in [0.5, 0.6) is 0 Å². The van der Waals surface area contributed by atoms with Crippen LogP contribution in [0.2, 0.25) is 0 Å². The molecule has 2 aliphatic heterocycles. The van der Waals surface area contributed by atoms with Crippen molar-refractivity contribution in [2.75, 3.05) is 20.6 Å². The van der Waals surface area contributed by atoms with Gasteiger partial charge in [0.2, 0.25) is 0 Å². The summed E-state index contributed by atoms with van der Waals surface area (Å²) in [6.07, 6.45) is 2.92. The Morgan fingerprint density at radius 1 is 1.31 bits per heavy atom. The minimum Gasteiger partial charge on any atom is -0.309 e. The Kier molecular flexibility index (Phi) is 3.25. The molecule has 2 atom stereocenters. The Morgan fingerprint density at radius 2 is 2.06 bits per heavy atom. The van der Waals surface area contributed by atoms with Crippen LogP contribution >= 0.6 is 0 Å². The zero-order valence-corrected chi connectivity index (χ0v) is 9.90. The third-order valence-electron chi connectivity index (χ3n) is 3.55. The van der Waals surface area contributed by atoms with E-state index in [9.17, 15) is 9.59 Å². The van der Waals surface area contributed by atoms with Crippen LogP contribution in [0.15, 0.2) is 0 Å². The van der Waals surface area contributed by atoms with Gasteiger partial charge in [0.25, 0.3) is 5.91 Å². The van der Waals surface area contributed by atoms with E-state index in [0.29, 0.717) is 12.8 Å². The van der Waals surface area contributed by atoms with Crippen molar-refractivity contribution >= 4 is 11.7 Å². The van der Waals surface area contributed by atoms with Gasteiger partial charge in [0.15, 0.2) is 5.78 Å². The van der Waals surface area contributed by atoms with Gasteiger partial charge in [0.05, 0.1) is 6.04 Å². The largest absolute Gasteiger partial charge is 0.309 e. The summed E-state index contributed by atoms with van der Waals surface area (Å²) < 4.78 is 0. The van der Waals surface area contributed by atoms with Gasteiger partial charge in [-0.05, 0) is 26.3 Å². The van der Waals surface area contributed by atoms with Crippen LogP contribution in [0.1, 0.15) is 25.7 Å². The van der Waals surface area contributed by atoms with Crippen molar-refractivity contribution in [3.63, 3.8) is 0 Å². The van der Waals surface area contributed by atoms with Crippen molar-refractivity contribution in [2.24, 2.45) is 0 Å². The number of rotatable bonds is 1. The van der Waals surface area contributed by atoms with Gasteiger partial charge in [-0.1, -0.05) is 0 Å². The Labute approximate surface area is 95.7 Å². The lowest BCUT2D eigenvalue weighted by Gasteiger charge is -2.41. The molecule has 0 saturated carbocycles. The molecular formula is C11H19N3O2. The van der Waals surface area contributed by atoms with Gasteiger partial charge in [-0.2, -0.15) is 0 Å². The molecule has 0 aliphatic carbocycles. The van der Waals surface area contributed by atoms with Gasteiger partial charge < -0.3 is 5.32 Å². The third-order valence-corrected chi connectivity index (χ3v) is 3.55. The minimum absolute atomic E-state index is 0.0422. The first-order valence-corrected chi connectivity index (χ1v) is 5.89. The molecule has 90 valence electrons. The first-order chi connectivity index (χ1) is 7.65. The molecular weight excluding hydrogens is 206 g/mol. The van der Waals surface area contributed by atoms with Gasteiger partial charge in [-0.3, -0.25) is 14.6 Å². The van der Waals surface area contributed by atoms with Gasteiger partial charge in [-0.15, -0.1) is 0 Å². The molecule has 0 spiro atoms. The first-order valence-electron chi connectivity index (χ1n) is 5.89. The summed E-state index contributed by atoms with van der Waals surface area (Å²) >= 11 is 0. The van der Waals surface area contributed by atoms with E-state index in [1.54, 1.807) is 12.1 Å². The smallest absolute Gasteiger partial charge is 0.254 e. The van der Waals surface area contributed by atoms with E-state index in [1.165, 1.54) is 0 Å². The number of hydrazine groups is 1. The fraction of sp³-hybridized carbons (Fsp3) is 0.818. The third kappa shape index (κ3) is 1.85. The quantitative estimate of drug-likeness (QED) is 0.670. The molecule has 5 nitrogen and oxygen atoms in total. The standard InChI is InChI=1S/C11H19N3O2/c1-12-8-5-6-10(15)9-4-3-7-13(2)14(9)11(8)16/h8-9,12H,3-7H2,1-2H3. The number of amides is 1. The molecule has 1 amide bonds. The summed E-state index contributed by atoms with van der Waals surface area (Å²) in [6, 6.07) is -0.431. The molecule has 2 saturated heterocycles. The van der Waals surface area contributed by atoms with Crippen LogP contribution in [-0.2, 0) is 9.59 Å². The molecule has 2 rings (SSSR count). The number of ketones is 1. The van der Waals surface area contributed by atoms with Gasteiger partial charge >= 0.3 is 0 Å². The van der Waals surface area contributed by atoms with Gasteiger partial charge in [0, 0.05) is 20.0 Å². The Morgan fingerprint density at radius 3 is 2.75 bits per heavy atom. The number of likely N-dealkylation sites (N-methyl/N-ethyl adjacent to an activating group) is 1. The van der Waals surface area contributed by atoms with Crippen molar-refractivity contribution in [1.29, 1.82) is 0 Å². The highest BCUT2D eigenvalue weighted by Gasteiger charge is 2.40. The van der Waals surface area contributed by atoms with Crippen molar-refractivity contribution in [3.8, 4) is 0 Å². The van der Waals surface area contributed by atoms with E-state index in [0.717, 1.165) is 19.4 Å². The maximum atomic E-state index is 12.2. The predicted molar refractivity (Wildman–Crippen MR) is 59.6 cm³/mol. The number of carbonyl (C=O) groups is 2. The molecule has 2 aliphatic rings. The highest BCUT2D eigenvalue weighted by atomic mass is 16.2. The van der Waals surface area contributed by atoms with Crippen molar-refractivity contribution < 1.29 is 9.59 Å². The molecule has 0 aromatic rings. The van der Waals surface area contributed by atoms with Gasteiger partial charge in [0.1, 0.15) is 6.04 Å². The molecule has 2 heterocycles. The van der Waals surface area contributed by atoms with Crippen molar-refractivity contribution in [2.45, 2.75) is 37.8 Å². The lowest BCUT2D eigenvalue weighted by Crippen LogP contribution is -2.58. The van der Waals surface area contributed by atoms with E-state index in [2.05, 4.69) is 5.32 Å². The maximum Gasteiger partial charge on any atom is 0.254 e. The lowest BCUT2D eigenvalue weighted by atomic mass is 10.0. The summed E-state index contributed by atoms with van der Waals surface area (Å²) in [6.45, 7) is 0.853. The van der Waals surface area contributed by atoms with Crippen LogP contribution < -0.4 is 5.32 Å². The first kappa shape index (κ1) is 11.5. The number of hydrogen-bond donors (Lipinski definition) is 1. The fourth-order valence-electron chi connectivity index (χ4n) is 2.60. The average Bonchev–Trinajstić information content (AvgIpc) is 2.39. The van der Waals surface area contributed by atoms with E-state index >= 15 is 0 Å². The number of fused-ring (bicyclic) bond motifs is 1. The second kappa shape index (κ2) is 4.51. The van der Waals surface area contributed by atoms with E-state index < -0.39 is 0 Å². The number of carbonyl (C=O) groups excluding carboxylic acids is 2. The minimum atomic E-state index is -0.218. The van der Waals surface area contributed by atoms with Crippen molar-refractivity contribution in [1.82, 2.24) is 15.3 Å². The zero-order chi connectivity index (χ0) is 11.7. The number of Topliss-reactive ketones (excluding diaryl/α,β-unsaturated/α-hetero) is 1. The second-order valence-electron chi connectivity index (χ2n) is 4.57. The molecule has 2 fully saturated rings. The summed E-state index contributed by atoms with van der Waals surface area (Å²) in [7, 11) is 3.66. The van der Waals surface area contributed by atoms with Crippen molar-refractivity contribution in [3.05, 3.63) is 0 Å². The summed E-state index contributed by atoms with van der Waals surface area (Å²) in [5.74, 6) is 0.248. The van der Waals surface area contributed by atoms with Gasteiger partial charge in [-0.25, -0.2) is 5.01 Å². The zero-order valence-electron chi connectivity index (χ0n) is 9.90. The number of nitrogens with zero attached hydrogens (tertiary/aromatic N) is 2. The number of hydrogen-bond acceptors (Lipinski definition) is 4. The second-order valence-corrected chi connectivity index (χ2v) is 4.57. The Balaban J connectivity index is 2.27. The van der Waals surface area contributed by atoms with E-state index in [-0.39, 0.29) is 23.8 Å². The number of nitrogens with one attached hydrogen (secondary N) is 1. The van der Waals surface area contributed by atoms with Crippen LogP contribution in [0.25, 0.3) is 0 Å². The maximum absolute atomic E-state index is 12.2. The van der Waals surface area contributed by atoms with Crippen LogP contribution in [0.3, 0.4) is 0 Å². The average molecular weight is 225 g/mol. The van der Waals surface area contributed by atoms with E-state index in [1.807, 2.05) is 12.1 Å². The highest BCUT2D eigenvalue weighted by Crippen LogP contribution is 2.24. The fourth-order valence-corrected chi connectivity index (χ4v) is 2.60. The lowest BCUT2D eigenvalue weighted by molar-refractivity contribution is -0.162. The Bertz CT molecular complexity index is 306. The summed E-state index contributed by atoms with van der Waals surface area (Å²) in [4.78, 5) is 24.2. The molecule has 1 N–H and O–H groups in total. The molecule has 2 unspecified atom stereocenters. The molecule has 16 heavy (non-hydrogen) atoms. The summed E-state index contributed by atoms with van der Waals surface area (Å²) in [5, 5.41) is 6.56.